The van der Waals surface area contributed by atoms with E-state index in [1.54, 1.807) is 12.5 Å². The summed E-state index contributed by atoms with van der Waals surface area (Å²) in [6.07, 6.45) is 3.47. The summed E-state index contributed by atoms with van der Waals surface area (Å²) in [7, 11) is 0. The van der Waals surface area contributed by atoms with E-state index >= 15 is 0 Å². The van der Waals surface area contributed by atoms with Crippen molar-refractivity contribution in [3.05, 3.63) is 54.6 Å². The molecule has 0 bridgehead atoms. The maximum absolute atomic E-state index is 5.59. The highest BCUT2D eigenvalue weighted by Gasteiger charge is 2.05. The molecule has 0 spiro atoms. The van der Waals surface area contributed by atoms with Crippen LogP contribution in [0.15, 0.2) is 48.9 Å². The Morgan fingerprint density at radius 2 is 2.00 bits per heavy atom. The van der Waals surface area contributed by atoms with E-state index in [0.717, 1.165) is 16.7 Å². The molecule has 0 aliphatic rings. The molecule has 0 aliphatic carbocycles. The van der Waals surface area contributed by atoms with Crippen LogP contribution in [0.25, 0.3) is 16.7 Å². The highest BCUT2D eigenvalue weighted by Crippen LogP contribution is 2.17. The molecule has 0 unspecified atom stereocenters. The number of thiocarbonyl (C=S) groups is 1. The molecule has 2 N–H and O–H groups in total. The highest BCUT2D eigenvalue weighted by atomic mass is 32.1. The van der Waals surface area contributed by atoms with Crippen LogP contribution in [0.2, 0.25) is 0 Å². The molecule has 3 aromatic rings. The summed E-state index contributed by atoms with van der Waals surface area (Å²) in [5, 5.41) is 0. The minimum Gasteiger partial charge on any atom is -0.388 e. The lowest BCUT2D eigenvalue weighted by Gasteiger charge is -2.05. The molecule has 18 heavy (non-hydrogen) atoms. The van der Waals surface area contributed by atoms with Crippen LogP contribution < -0.4 is 5.73 Å². The number of rotatable bonds is 2. The number of nitrogens with zero attached hydrogens (tertiary/aromatic N) is 3. The standard InChI is InChI=1S/C13H10N4S/c14-13(18)11-7-9(5-6-15-11)17-8-16-10-3-1-2-4-12(10)17/h1-8H,(H2,14,18). The molecule has 2 heterocycles. The maximum Gasteiger partial charge on any atom is 0.122 e. The van der Waals surface area contributed by atoms with Gasteiger partial charge in [-0.05, 0) is 24.3 Å². The van der Waals surface area contributed by atoms with Crippen molar-refractivity contribution in [1.29, 1.82) is 0 Å². The van der Waals surface area contributed by atoms with Crippen molar-refractivity contribution in [3.8, 4) is 5.69 Å². The zero-order valence-corrected chi connectivity index (χ0v) is 10.3. The van der Waals surface area contributed by atoms with Crippen molar-refractivity contribution < 1.29 is 0 Å². The van der Waals surface area contributed by atoms with Crippen LogP contribution in [0.3, 0.4) is 0 Å². The van der Waals surface area contributed by atoms with Gasteiger partial charge in [-0.2, -0.15) is 0 Å². The number of aromatic nitrogens is 3. The Balaban J connectivity index is 2.20. The SMILES string of the molecule is NC(=S)c1cc(-n2cnc3ccccc32)ccn1. The molecule has 0 fully saturated rings. The zero-order valence-electron chi connectivity index (χ0n) is 9.45. The summed E-state index contributed by atoms with van der Waals surface area (Å²) in [6, 6.07) is 11.7. The first-order valence-electron chi connectivity index (χ1n) is 5.44. The molecular formula is C13H10N4S. The fourth-order valence-electron chi connectivity index (χ4n) is 1.87. The minimum atomic E-state index is 0.293. The molecule has 2 aromatic heterocycles. The van der Waals surface area contributed by atoms with Gasteiger partial charge >= 0.3 is 0 Å². The maximum atomic E-state index is 5.59. The molecule has 0 aliphatic heterocycles. The fraction of sp³-hybridized carbons (Fsp3) is 0. The third-order valence-corrected chi connectivity index (χ3v) is 2.94. The minimum absolute atomic E-state index is 0.293. The van der Waals surface area contributed by atoms with E-state index < -0.39 is 0 Å². The number of hydrogen-bond donors (Lipinski definition) is 1. The van der Waals surface area contributed by atoms with Gasteiger partial charge in [-0.15, -0.1) is 0 Å². The molecule has 0 saturated heterocycles. The van der Waals surface area contributed by atoms with Crippen LogP contribution in [0.1, 0.15) is 5.69 Å². The van der Waals surface area contributed by atoms with Crippen LogP contribution in [-0.4, -0.2) is 19.5 Å². The second-order valence-corrected chi connectivity index (χ2v) is 4.31. The van der Waals surface area contributed by atoms with Crippen molar-refractivity contribution in [2.45, 2.75) is 0 Å². The number of benzene rings is 1. The first kappa shape index (κ1) is 10.9. The number of hydrogen-bond acceptors (Lipinski definition) is 3. The number of pyridine rings is 1. The Morgan fingerprint density at radius 1 is 1.17 bits per heavy atom. The van der Waals surface area contributed by atoms with Gasteiger partial charge in [0.25, 0.3) is 0 Å². The van der Waals surface area contributed by atoms with Gasteiger partial charge in [-0.25, -0.2) is 4.98 Å². The average Bonchev–Trinajstić information content (AvgIpc) is 2.82. The van der Waals surface area contributed by atoms with Crippen molar-refractivity contribution in [2.75, 3.05) is 0 Å². The predicted molar refractivity (Wildman–Crippen MR) is 74.8 cm³/mol. The Morgan fingerprint density at radius 3 is 2.83 bits per heavy atom. The van der Waals surface area contributed by atoms with Crippen LogP contribution >= 0.6 is 12.2 Å². The number of imidazole rings is 1. The summed E-state index contributed by atoms with van der Waals surface area (Å²) >= 11 is 4.94. The first-order valence-corrected chi connectivity index (χ1v) is 5.85. The molecule has 1 aromatic carbocycles. The van der Waals surface area contributed by atoms with Crippen LogP contribution in [0.4, 0.5) is 0 Å². The molecule has 0 amide bonds. The summed E-state index contributed by atoms with van der Waals surface area (Å²) in [4.78, 5) is 8.77. The van der Waals surface area contributed by atoms with E-state index in [1.165, 1.54) is 0 Å². The molecule has 3 rings (SSSR count). The lowest BCUT2D eigenvalue weighted by atomic mass is 10.3. The van der Waals surface area contributed by atoms with Gasteiger partial charge in [0.1, 0.15) is 11.3 Å². The second-order valence-electron chi connectivity index (χ2n) is 3.87. The Kier molecular flexibility index (Phi) is 2.53. The molecule has 0 atom stereocenters. The fourth-order valence-corrected chi connectivity index (χ4v) is 1.98. The Hall–Kier alpha value is -2.27. The summed E-state index contributed by atoms with van der Waals surface area (Å²) in [5.41, 5.74) is 9.14. The second kappa shape index (κ2) is 4.19. The topological polar surface area (TPSA) is 56.7 Å². The molecule has 4 nitrogen and oxygen atoms in total. The van der Waals surface area contributed by atoms with E-state index in [2.05, 4.69) is 9.97 Å². The monoisotopic (exact) mass is 254 g/mol. The van der Waals surface area contributed by atoms with Crippen molar-refractivity contribution >= 4 is 28.2 Å². The Bertz CT molecular complexity index is 732. The van der Waals surface area contributed by atoms with Crippen LogP contribution in [0, 0.1) is 0 Å². The van der Waals surface area contributed by atoms with E-state index in [0.29, 0.717) is 10.7 Å². The number of para-hydroxylation sites is 2. The summed E-state index contributed by atoms with van der Waals surface area (Å²) in [5.74, 6) is 0. The molecule has 88 valence electrons. The summed E-state index contributed by atoms with van der Waals surface area (Å²) in [6.45, 7) is 0. The van der Waals surface area contributed by atoms with Gasteiger partial charge in [-0.3, -0.25) is 9.55 Å². The lowest BCUT2D eigenvalue weighted by Crippen LogP contribution is -2.11. The third-order valence-electron chi connectivity index (χ3n) is 2.73. The normalized spacial score (nSPS) is 10.7. The lowest BCUT2D eigenvalue weighted by molar-refractivity contribution is 1.08. The van der Waals surface area contributed by atoms with Crippen LogP contribution in [-0.2, 0) is 0 Å². The number of fused-ring (bicyclic) bond motifs is 1. The predicted octanol–water partition coefficient (Wildman–Crippen LogP) is 2.05. The quantitative estimate of drug-likeness (QED) is 0.711. The molecule has 0 saturated carbocycles. The van der Waals surface area contributed by atoms with Crippen molar-refractivity contribution in [3.63, 3.8) is 0 Å². The van der Waals surface area contributed by atoms with Gasteiger partial charge < -0.3 is 5.73 Å². The van der Waals surface area contributed by atoms with Gasteiger partial charge in [0.05, 0.1) is 22.4 Å². The van der Waals surface area contributed by atoms with Gasteiger partial charge in [-0.1, -0.05) is 24.4 Å². The van der Waals surface area contributed by atoms with E-state index in [1.807, 2.05) is 41.0 Å². The molecular weight excluding hydrogens is 244 g/mol. The molecule has 0 radical (unpaired) electrons. The van der Waals surface area contributed by atoms with E-state index in [-0.39, 0.29) is 0 Å². The number of nitrogens with two attached hydrogens (primary N) is 1. The largest absolute Gasteiger partial charge is 0.388 e. The van der Waals surface area contributed by atoms with E-state index in [4.69, 9.17) is 18.0 Å². The Labute approximate surface area is 109 Å². The van der Waals surface area contributed by atoms with Gasteiger partial charge in [0.15, 0.2) is 0 Å². The average molecular weight is 254 g/mol. The molecule has 5 heteroatoms. The van der Waals surface area contributed by atoms with Crippen molar-refractivity contribution in [1.82, 2.24) is 14.5 Å². The zero-order chi connectivity index (χ0) is 12.5. The van der Waals surface area contributed by atoms with Gasteiger partial charge in [0.2, 0.25) is 0 Å². The highest BCUT2D eigenvalue weighted by molar-refractivity contribution is 7.80. The third kappa shape index (κ3) is 1.74. The van der Waals surface area contributed by atoms with Crippen LogP contribution in [0.5, 0.6) is 0 Å². The first-order chi connectivity index (χ1) is 8.75. The van der Waals surface area contributed by atoms with E-state index in [9.17, 15) is 0 Å². The van der Waals surface area contributed by atoms with Gasteiger partial charge in [0, 0.05) is 6.20 Å². The van der Waals surface area contributed by atoms with Crippen molar-refractivity contribution in [2.24, 2.45) is 5.73 Å². The smallest absolute Gasteiger partial charge is 0.122 e. The summed E-state index contributed by atoms with van der Waals surface area (Å²) < 4.78 is 1.98.